The van der Waals surface area contributed by atoms with Crippen molar-refractivity contribution in [3.63, 3.8) is 0 Å². The lowest BCUT2D eigenvalue weighted by Gasteiger charge is -2.32. The molecule has 1 N–H and O–H groups in total. The quantitative estimate of drug-likeness (QED) is 0.460. The van der Waals surface area contributed by atoms with Gasteiger partial charge in [-0.3, -0.25) is 0 Å². The van der Waals surface area contributed by atoms with Gasteiger partial charge in [-0.15, -0.1) is 5.73 Å². The fourth-order valence-electron chi connectivity index (χ4n) is 3.12. The van der Waals surface area contributed by atoms with Crippen LogP contribution in [0.2, 0.25) is 0 Å². The summed E-state index contributed by atoms with van der Waals surface area (Å²) in [6.07, 6.45) is 4.22. The number of nitrogens with one attached hydrogen (secondary N) is 1. The fraction of sp³-hybridized carbons (Fsp3) is 0.375. The molecule has 0 aliphatic rings. The summed E-state index contributed by atoms with van der Waals surface area (Å²) in [5.74, 6) is 0. The number of hydrogen-bond donors (Lipinski definition) is 1. The van der Waals surface area contributed by atoms with Crippen LogP contribution in [0.15, 0.2) is 79.0 Å². The molecule has 162 valence electrons. The van der Waals surface area contributed by atoms with E-state index in [9.17, 15) is 8.42 Å². The molecule has 0 aromatic heterocycles. The summed E-state index contributed by atoms with van der Waals surface area (Å²) >= 11 is 0. The largest absolute Gasteiger partial charge is 0.376 e. The van der Waals surface area contributed by atoms with E-state index in [0.29, 0.717) is 45.8 Å². The summed E-state index contributed by atoms with van der Waals surface area (Å²) in [6.45, 7) is 5.81. The van der Waals surface area contributed by atoms with E-state index in [2.05, 4.69) is 17.0 Å². The van der Waals surface area contributed by atoms with Crippen molar-refractivity contribution >= 4 is 10.0 Å². The van der Waals surface area contributed by atoms with Crippen LogP contribution >= 0.6 is 0 Å². The van der Waals surface area contributed by atoms with Crippen LogP contribution in [0, 0.1) is 5.41 Å². The molecule has 0 bridgehead atoms. The molecule has 0 heterocycles. The molecule has 0 unspecified atom stereocenters. The smallest absolute Gasteiger partial charge is 0.208 e. The molecule has 0 fully saturated rings. The van der Waals surface area contributed by atoms with Gasteiger partial charge in [0.2, 0.25) is 10.0 Å². The van der Waals surface area contributed by atoms with Gasteiger partial charge in [0, 0.05) is 12.0 Å². The average Bonchev–Trinajstić information content (AvgIpc) is 2.73. The summed E-state index contributed by atoms with van der Waals surface area (Å²) in [5, 5.41) is 0. The molecular weight excluding hydrogens is 398 g/mol. The van der Waals surface area contributed by atoms with Crippen molar-refractivity contribution in [3.8, 4) is 0 Å². The van der Waals surface area contributed by atoms with Crippen molar-refractivity contribution in [3.05, 3.63) is 90.2 Å². The molecule has 2 aromatic carbocycles. The molecule has 6 heteroatoms. The first kappa shape index (κ1) is 24.1. The van der Waals surface area contributed by atoms with Crippen LogP contribution in [-0.2, 0) is 32.7 Å². The molecule has 0 amide bonds. The van der Waals surface area contributed by atoms with Crippen LogP contribution in [0.5, 0.6) is 0 Å². The van der Waals surface area contributed by atoms with Gasteiger partial charge in [-0.2, -0.15) is 0 Å². The van der Waals surface area contributed by atoms with Crippen molar-refractivity contribution in [2.24, 2.45) is 5.41 Å². The van der Waals surface area contributed by atoms with E-state index >= 15 is 0 Å². The first-order valence-corrected chi connectivity index (χ1v) is 11.8. The lowest BCUT2D eigenvalue weighted by Crippen LogP contribution is -2.36. The first-order valence-electron chi connectivity index (χ1n) is 9.95. The highest BCUT2D eigenvalue weighted by molar-refractivity contribution is 7.88. The zero-order chi connectivity index (χ0) is 21.7. The number of allylic oxidation sites excluding steroid dienone is 1. The molecular formula is C24H31NO4S. The second kappa shape index (κ2) is 12.5. The normalized spacial score (nSPS) is 11.8. The Kier molecular flexibility index (Phi) is 10.0. The zero-order valence-electron chi connectivity index (χ0n) is 17.5. The summed E-state index contributed by atoms with van der Waals surface area (Å²) in [6, 6.07) is 19.9. The standard InChI is InChI=1S/C24H31NO4S/c1-3-4-15-24(16-17-25-30(2,26)27,20-28-18-22-11-7-5-8-12-22)21-29-19-23-13-9-6-10-14-23/h4-14,25H,1,15-21H2,2H3. The SMILES string of the molecule is C=C=CCC(CCNS(C)(=O)=O)(COCc1ccccc1)COCc1ccccc1. The number of rotatable bonds is 14. The van der Waals surface area contributed by atoms with Gasteiger partial charge in [0.15, 0.2) is 0 Å². The molecule has 0 atom stereocenters. The molecule has 2 rings (SSSR count). The lowest BCUT2D eigenvalue weighted by atomic mass is 9.82. The number of hydrogen-bond acceptors (Lipinski definition) is 4. The summed E-state index contributed by atoms with van der Waals surface area (Å²) in [7, 11) is -3.26. The van der Waals surface area contributed by atoms with Crippen LogP contribution < -0.4 is 4.72 Å². The summed E-state index contributed by atoms with van der Waals surface area (Å²) < 4.78 is 37.7. The van der Waals surface area contributed by atoms with Gasteiger partial charge in [-0.25, -0.2) is 13.1 Å². The molecule has 0 saturated heterocycles. The minimum atomic E-state index is -3.26. The Hall–Kier alpha value is -2.21. The van der Waals surface area contributed by atoms with Gasteiger partial charge in [0.25, 0.3) is 0 Å². The minimum Gasteiger partial charge on any atom is -0.376 e. The van der Waals surface area contributed by atoms with Gasteiger partial charge >= 0.3 is 0 Å². The van der Waals surface area contributed by atoms with E-state index in [4.69, 9.17) is 9.47 Å². The highest BCUT2D eigenvalue weighted by Crippen LogP contribution is 2.29. The van der Waals surface area contributed by atoms with E-state index in [-0.39, 0.29) is 0 Å². The van der Waals surface area contributed by atoms with E-state index in [1.165, 1.54) is 0 Å². The maximum absolute atomic E-state index is 11.5. The predicted octanol–water partition coefficient (Wildman–Crippen LogP) is 4.08. The van der Waals surface area contributed by atoms with Gasteiger partial charge in [-0.1, -0.05) is 67.2 Å². The maximum atomic E-state index is 11.5. The van der Waals surface area contributed by atoms with E-state index in [1.54, 1.807) is 0 Å². The second-order valence-electron chi connectivity index (χ2n) is 7.49. The Bertz CT molecular complexity index is 846. The van der Waals surface area contributed by atoms with Crippen molar-refractivity contribution < 1.29 is 17.9 Å². The molecule has 30 heavy (non-hydrogen) atoms. The molecule has 0 saturated carbocycles. The number of benzene rings is 2. The molecule has 0 aliphatic carbocycles. The van der Waals surface area contributed by atoms with Crippen molar-refractivity contribution in [2.75, 3.05) is 26.0 Å². The minimum absolute atomic E-state index is 0.313. The maximum Gasteiger partial charge on any atom is 0.208 e. The van der Waals surface area contributed by atoms with Crippen LogP contribution in [-0.4, -0.2) is 34.4 Å². The summed E-state index contributed by atoms with van der Waals surface area (Å²) in [4.78, 5) is 0. The zero-order valence-corrected chi connectivity index (χ0v) is 18.4. The topological polar surface area (TPSA) is 64.6 Å². The van der Waals surface area contributed by atoms with Crippen molar-refractivity contribution in [1.29, 1.82) is 0 Å². The molecule has 0 spiro atoms. The Balaban J connectivity index is 2.06. The van der Waals surface area contributed by atoms with E-state index < -0.39 is 15.4 Å². The molecule has 5 nitrogen and oxygen atoms in total. The Morgan fingerprint density at radius 3 is 1.90 bits per heavy atom. The lowest BCUT2D eigenvalue weighted by molar-refractivity contribution is -0.0353. The fourth-order valence-corrected chi connectivity index (χ4v) is 3.59. The highest BCUT2D eigenvalue weighted by atomic mass is 32.2. The van der Waals surface area contributed by atoms with E-state index in [0.717, 1.165) is 17.4 Å². The Morgan fingerprint density at radius 1 is 0.967 bits per heavy atom. The van der Waals surface area contributed by atoms with Crippen LogP contribution in [0.25, 0.3) is 0 Å². The third-order valence-corrected chi connectivity index (χ3v) is 5.47. The third kappa shape index (κ3) is 9.53. The van der Waals surface area contributed by atoms with E-state index in [1.807, 2.05) is 66.7 Å². The van der Waals surface area contributed by atoms with Crippen molar-refractivity contribution in [1.82, 2.24) is 4.72 Å². The molecule has 2 aromatic rings. The monoisotopic (exact) mass is 429 g/mol. The first-order chi connectivity index (χ1) is 14.4. The van der Waals surface area contributed by atoms with Crippen LogP contribution in [0.4, 0.5) is 0 Å². The average molecular weight is 430 g/mol. The van der Waals surface area contributed by atoms with Crippen LogP contribution in [0.3, 0.4) is 0 Å². The highest BCUT2D eigenvalue weighted by Gasteiger charge is 2.30. The van der Waals surface area contributed by atoms with Crippen LogP contribution in [0.1, 0.15) is 24.0 Å². The van der Waals surface area contributed by atoms with Crippen molar-refractivity contribution in [2.45, 2.75) is 26.1 Å². The number of ether oxygens (including phenoxy) is 2. The Labute approximate surface area is 180 Å². The molecule has 0 aliphatic heterocycles. The predicted molar refractivity (Wildman–Crippen MR) is 120 cm³/mol. The van der Waals surface area contributed by atoms with Gasteiger partial charge in [-0.05, 0) is 30.0 Å². The Morgan fingerprint density at radius 2 is 1.47 bits per heavy atom. The molecule has 0 radical (unpaired) electrons. The number of sulfonamides is 1. The third-order valence-electron chi connectivity index (χ3n) is 4.74. The van der Waals surface area contributed by atoms with Gasteiger partial charge in [0.1, 0.15) is 0 Å². The van der Waals surface area contributed by atoms with Gasteiger partial charge < -0.3 is 9.47 Å². The van der Waals surface area contributed by atoms with Gasteiger partial charge in [0.05, 0.1) is 32.7 Å². The summed E-state index contributed by atoms with van der Waals surface area (Å²) in [5.41, 5.74) is 4.60. The second-order valence-corrected chi connectivity index (χ2v) is 9.32.